The lowest BCUT2D eigenvalue weighted by Gasteiger charge is -2.19. The van der Waals surface area contributed by atoms with Crippen molar-refractivity contribution in [3.8, 4) is 0 Å². The molecule has 0 fully saturated rings. The minimum atomic E-state index is 0.408. The number of nitrogens with zero attached hydrogens (tertiary/aromatic N) is 2. The number of nitrogens with two attached hydrogens (primary N) is 1. The van der Waals surface area contributed by atoms with E-state index in [0.29, 0.717) is 10.8 Å². The van der Waals surface area contributed by atoms with Gasteiger partial charge in [-0.1, -0.05) is 39.7 Å². The van der Waals surface area contributed by atoms with Crippen LogP contribution in [-0.4, -0.2) is 12.0 Å². The van der Waals surface area contributed by atoms with Crippen LogP contribution in [0, 0.1) is 0 Å². The molecule has 3 nitrogen and oxygen atoms in total. The fraction of sp³-hybridized carbons (Fsp3) is 0.154. The molecule has 0 saturated heterocycles. The van der Waals surface area contributed by atoms with Crippen molar-refractivity contribution < 1.29 is 0 Å². The van der Waals surface area contributed by atoms with Crippen LogP contribution in [0.3, 0.4) is 0 Å². The number of benzene rings is 1. The van der Waals surface area contributed by atoms with Crippen molar-refractivity contribution in [2.45, 2.75) is 6.54 Å². The Morgan fingerprint density at radius 2 is 2.11 bits per heavy atom. The first-order valence-corrected chi connectivity index (χ1v) is 6.60. The van der Waals surface area contributed by atoms with Crippen molar-refractivity contribution in [2.75, 3.05) is 17.7 Å². The summed E-state index contributed by atoms with van der Waals surface area (Å²) in [5, 5.41) is 0.408. The number of rotatable bonds is 3. The van der Waals surface area contributed by atoms with E-state index in [9.17, 15) is 0 Å². The van der Waals surface area contributed by atoms with Crippen LogP contribution in [0.5, 0.6) is 0 Å². The summed E-state index contributed by atoms with van der Waals surface area (Å²) < 4.78 is 1.06. The van der Waals surface area contributed by atoms with Crippen LogP contribution in [0.15, 0.2) is 40.9 Å². The Kier molecular flexibility index (Phi) is 4.09. The molecular formula is C13H13BrClN3. The van der Waals surface area contributed by atoms with E-state index < -0.39 is 0 Å². The monoisotopic (exact) mass is 325 g/mol. The number of aromatic nitrogens is 1. The number of hydrogen-bond acceptors (Lipinski definition) is 3. The summed E-state index contributed by atoms with van der Waals surface area (Å²) in [7, 11) is 1.96. The smallest absolute Gasteiger partial charge is 0.133 e. The van der Waals surface area contributed by atoms with E-state index >= 15 is 0 Å². The molecule has 0 aliphatic rings. The Morgan fingerprint density at radius 1 is 1.33 bits per heavy atom. The summed E-state index contributed by atoms with van der Waals surface area (Å²) in [5.41, 5.74) is 7.56. The zero-order valence-corrected chi connectivity index (χ0v) is 12.2. The second-order valence-electron chi connectivity index (χ2n) is 4.07. The molecule has 2 N–H and O–H groups in total. The van der Waals surface area contributed by atoms with Gasteiger partial charge in [-0.05, 0) is 23.8 Å². The Balaban J connectivity index is 2.19. The van der Waals surface area contributed by atoms with Crippen molar-refractivity contribution in [3.63, 3.8) is 0 Å². The van der Waals surface area contributed by atoms with Crippen LogP contribution in [-0.2, 0) is 6.54 Å². The van der Waals surface area contributed by atoms with Gasteiger partial charge < -0.3 is 10.6 Å². The lowest BCUT2D eigenvalue weighted by Crippen LogP contribution is -2.17. The topological polar surface area (TPSA) is 42.1 Å². The third-order valence-electron chi connectivity index (χ3n) is 2.50. The van der Waals surface area contributed by atoms with Crippen molar-refractivity contribution in [3.05, 3.63) is 51.6 Å². The predicted octanol–water partition coefficient (Wildman–Crippen LogP) is 3.72. The maximum Gasteiger partial charge on any atom is 0.133 e. The van der Waals surface area contributed by atoms with Gasteiger partial charge in [-0.25, -0.2) is 4.98 Å². The maximum absolute atomic E-state index is 5.90. The molecule has 0 bridgehead atoms. The van der Waals surface area contributed by atoms with E-state index in [-0.39, 0.29) is 0 Å². The molecular weight excluding hydrogens is 314 g/mol. The second kappa shape index (κ2) is 5.59. The van der Waals surface area contributed by atoms with E-state index in [2.05, 4.69) is 33.0 Å². The molecule has 2 rings (SSSR count). The van der Waals surface area contributed by atoms with Gasteiger partial charge >= 0.3 is 0 Å². The van der Waals surface area contributed by atoms with Gasteiger partial charge in [-0.3, -0.25) is 0 Å². The summed E-state index contributed by atoms with van der Waals surface area (Å²) in [6.07, 6.45) is 0. The van der Waals surface area contributed by atoms with Crippen LogP contribution >= 0.6 is 27.5 Å². The predicted molar refractivity (Wildman–Crippen MR) is 79.9 cm³/mol. The fourth-order valence-electron chi connectivity index (χ4n) is 1.69. The number of hydrogen-bond donors (Lipinski definition) is 1. The first kappa shape index (κ1) is 13.2. The SMILES string of the molecule is CN(Cc1cccc(Br)c1)c1cc(N)cc(Cl)n1. The summed E-state index contributed by atoms with van der Waals surface area (Å²) in [6.45, 7) is 0.742. The summed E-state index contributed by atoms with van der Waals surface area (Å²) in [6, 6.07) is 11.6. The molecule has 1 heterocycles. The zero-order chi connectivity index (χ0) is 13.1. The number of halogens is 2. The zero-order valence-electron chi connectivity index (χ0n) is 9.90. The first-order chi connectivity index (χ1) is 8.54. The van der Waals surface area contributed by atoms with Gasteiger partial charge in [0.1, 0.15) is 11.0 Å². The molecule has 1 aromatic carbocycles. The Hall–Kier alpha value is -1.26. The Bertz CT molecular complexity index is 539. The van der Waals surface area contributed by atoms with Gasteiger partial charge in [0.05, 0.1) is 0 Å². The van der Waals surface area contributed by atoms with Crippen LogP contribution < -0.4 is 10.6 Å². The minimum absolute atomic E-state index is 0.408. The molecule has 0 radical (unpaired) electrons. The van der Waals surface area contributed by atoms with Crippen molar-refractivity contribution >= 4 is 39.0 Å². The van der Waals surface area contributed by atoms with Crippen LogP contribution in [0.4, 0.5) is 11.5 Å². The average molecular weight is 327 g/mol. The fourth-order valence-corrected chi connectivity index (χ4v) is 2.35. The average Bonchev–Trinajstić information content (AvgIpc) is 2.27. The van der Waals surface area contributed by atoms with E-state index in [0.717, 1.165) is 16.8 Å². The first-order valence-electron chi connectivity index (χ1n) is 5.43. The maximum atomic E-state index is 5.90. The summed E-state index contributed by atoms with van der Waals surface area (Å²) >= 11 is 9.35. The van der Waals surface area contributed by atoms with Crippen LogP contribution in [0.1, 0.15) is 5.56 Å². The van der Waals surface area contributed by atoms with Gasteiger partial charge in [-0.15, -0.1) is 0 Å². The molecule has 0 spiro atoms. The van der Waals surface area contributed by atoms with Gasteiger partial charge in [0, 0.05) is 29.8 Å². The van der Waals surface area contributed by atoms with Gasteiger partial charge in [0.25, 0.3) is 0 Å². The molecule has 0 aliphatic carbocycles. The van der Waals surface area contributed by atoms with Gasteiger partial charge in [-0.2, -0.15) is 0 Å². The highest BCUT2D eigenvalue weighted by molar-refractivity contribution is 9.10. The molecule has 0 aliphatic heterocycles. The molecule has 5 heteroatoms. The third kappa shape index (κ3) is 3.37. The van der Waals surface area contributed by atoms with E-state index in [4.69, 9.17) is 17.3 Å². The molecule has 0 amide bonds. The summed E-state index contributed by atoms with van der Waals surface area (Å²) in [4.78, 5) is 6.26. The molecule has 18 heavy (non-hydrogen) atoms. The molecule has 0 saturated carbocycles. The van der Waals surface area contributed by atoms with Crippen molar-refractivity contribution in [1.29, 1.82) is 0 Å². The molecule has 1 aromatic heterocycles. The summed E-state index contributed by atoms with van der Waals surface area (Å²) in [5.74, 6) is 0.764. The highest BCUT2D eigenvalue weighted by Crippen LogP contribution is 2.21. The quantitative estimate of drug-likeness (QED) is 0.874. The lowest BCUT2D eigenvalue weighted by atomic mass is 10.2. The number of anilines is 2. The molecule has 0 atom stereocenters. The molecule has 94 valence electrons. The standard InChI is InChI=1S/C13H13BrClN3/c1-18(8-9-3-2-4-10(14)5-9)13-7-11(16)6-12(15)17-13/h2-7H,8H2,1H3,(H2,16,17). The van der Waals surface area contributed by atoms with Crippen molar-refractivity contribution in [1.82, 2.24) is 4.98 Å². The number of nitrogen functional groups attached to an aromatic ring is 1. The second-order valence-corrected chi connectivity index (χ2v) is 5.37. The molecule has 0 unspecified atom stereocenters. The Morgan fingerprint density at radius 3 is 2.78 bits per heavy atom. The van der Waals surface area contributed by atoms with Gasteiger partial charge in [0.2, 0.25) is 0 Å². The normalized spacial score (nSPS) is 10.4. The Labute approximate surface area is 120 Å². The molecule has 2 aromatic rings. The van der Waals surface area contributed by atoms with Crippen LogP contribution in [0.25, 0.3) is 0 Å². The van der Waals surface area contributed by atoms with E-state index in [1.807, 2.05) is 30.1 Å². The van der Waals surface area contributed by atoms with E-state index in [1.54, 1.807) is 6.07 Å². The van der Waals surface area contributed by atoms with E-state index in [1.165, 1.54) is 5.56 Å². The van der Waals surface area contributed by atoms with Crippen molar-refractivity contribution in [2.24, 2.45) is 0 Å². The lowest BCUT2D eigenvalue weighted by molar-refractivity contribution is 0.898. The number of pyridine rings is 1. The largest absolute Gasteiger partial charge is 0.399 e. The highest BCUT2D eigenvalue weighted by Gasteiger charge is 2.06. The highest BCUT2D eigenvalue weighted by atomic mass is 79.9. The van der Waals surface area contributed by atoms with Crippen LogP contribution in [0.2, 0.25) is 5.15 Å². The van der Waals surface area contributed by atoms with Gasteiger partial charge in [0.15, 0.2) is 0 Å². The third-order valence-corrected chi connectivity index (χ3v) is 3.19. The minimum Gasteiger partial charge on any atom is -0.399 e.